The van der Waals surface area contributed by atoms with E-state index in [2.05, 4.69) is 5.32 Å². The molecule has 0 spiro atoms. The van der Waals surface area contributed by atoms with Crippen molar-refractivity contribution in [2.75, 3.05) is 7.11 Å². The van der Waals surface area contributed by atoms with Crippen molar-refractivity contribution >= 4 is 5.69 Å². The Morgan fingerprint density at radius 3 is 2.32 bits per heavy atom. The monoisotopic (exact) mass is 426 g/mol. The minimum Gasteiger partial charge on any atom is -0.497 e. The van der Waals surface area contributed by atoms with Crippen molar-refractivity contribution in [3.63, 3.8) is 0 Å². The number of methoxy groups -OCH3 is 1. The van der Waals surface area contributed by atoms with E-state index in [0.29, 0.717) is 23.6 Å². The smallest absolute Gasteiger partial charge is 0.311 e. The van der Waals surface area contributed by atoms with Gasteiger partial charge in [0.2, 0.25) is 5.75 Å². The highest BCUT2D eigenvalue weighted by atomic mass is 19.1. The lowest BCUT2D eigenvalue weighted by atomic mass is 10.0. The molecular weight excluding hydrogens is 403 g/mol. The molecule has 0 saturated carbocycles. The van der Waals surface area contributed by atoms with E-state index in [1.807, 2.05) is 6.92 Å². The number of halogens is 1. The van der Waals surface area contributed by atoms with Gasteiger partial charge in [0.1, 0.15) is 17.3 Å². The van der Waals surface area contributed by atoms with Crippen molar-refractivity contribution in [3.8, 4) is 17.2 Å². The number of aliphatic hydroxyl groups excluding tert-OH is 1. The Labute approximate surface area is 179 Å². The molecule has 3 aromatic carbocycles. The number of hydrogen-bond acceptors (Lipinski definition) is 6. The zero-order valence-corrected chi connectivity index (χ0v) is 17.1. The van der Waals surface area contributed by atoms with Crippen LogP contribution in [0, 0.1) is 15.9 Å². The number of benzene rings is 3. The molecule has 8 heteroatoms. The summed E-state index contributed by atoms with van der Waals surface area (Å²) >= 11 is 0. The van der Waals surface area contributed by atoms with Crippen LogP contribution in [0.15, 0.2) is 66.7 Å². The molecule has 3 rings (SSSR count). The zero-order chi connectivity index (χ0) is 22.4. The van der Waals surface area contributed by atoms with Gasteiger partial charge in [-0.05, 0) is 60.5 Å². The van der Waals surface area contributed by atoms with Crippen LogP contribution in [-0.4, -0.2) is 23.2 Å². The average molecular weight is 426 g/mol. The van der Waals surface area contributed by atoms with E-state index in [9.17, 15) is 19.6 Å². The Morgan fingerprint density at radius 2 is 1.71 bits per heavy atom. The minimum absolute atomic E-state index is 0.0617. The van der Waals surface area contributed by atoms with Crippen molar-refractivity contribution in [2.45, 2.75) is 25.6 Å². The third-order valence-corrected chi connectivity index (χ3v) is 4.82. The van der Waals surface area contributed by atoms with Gasteiger partial charge < -0.3 is 19.9 Å². The van der Waals surface area contributed by atoms with Crippen LogP contribution in [0.4, 0.5) is 10.1 Å². The van der Waals surface area contributed by atoms with E-state index in [0.717, 1.165) is 5.56 Å². The number of nitrogens with zero attached hydrogens (tertiary/aromatic N) is 1. The molecule has 2 N–H and O–H groups in total. The van der Waals surface area contributed by atoms with Gasteiger partial charge in [-0.1, -0.05) is 18.2 Å². The summed E-state index contributed by atoms with van der Waals surface area (Å²) in [5.74, 6) is 0.638. The van der Waals surface area contributed by atoms with Crippen LogP contribution in [-0.2, 0) is 6.54 Å². The van der Waals surface area contributed by atoms with E-state index in [1.54, 1.807) is 37.4 Å². The summed E-state index contributed by atoms with van der Waals surface area (Å²) in [4.78, 5) is 11.0. The molecule has 0 amide bonds. The molecule has 0 radical (unpaired) electrons. The highest BCUT2D eigenvalue weighted by molar-refractivity contribution is 5.50. The molecule has 0 heterocycles. The van der Waals surface area contributed by atoms with Gasteiger partial charge in [0.05, 0.1) is 18.1 Å². The maximum Gasteiger partial charge on any atom is 0.311 e. The van der Waals surface area contributed by atoms with Gasteiger partial charge in [0, 0.05) is 18.7 Å². The predicted octanol–water partition coefficient (Wildman–Crippen LogP) is 4.75. The second-order valence-electron chi connectivity index (χ2n) is 7.00. The first-order valence-corrected chi connectivity index (χ1v) is 9.63. The highest BCUT2D eigenvalue weighted by Gasteiger charge is 2.19. The molecule has 2 atom stereocenters. The highest BCUT2D eigenvalue weighted by Crippen LogP contribution is 2.32. The Kier molecular flexibility index (Phi) is 7.17. The average Bonchev–Trinajstić information content (AvgIpc) is 2.79. The molecule has 0 bridgehead atoms. The molecule has 0 unspecified atom stereocenters. The summed E-state index contributed by atoms with van der Waals surface area (Å²) in [6, 6.07) is 16.7. The third kappa shape index (κ3) is 5.78. The molecule has 0 aliphatic carbocycles. The number of nitrogens with one attached hydrogen (secondary N) is 1. The van der Waals surface area contributed by atoms with Gasteiger partial charge in [-0.2, -0.15) is 0 Å². The molecular formula is C23H23FN2O5. The van der Waals surface area contributed by atoms with E-state index in [1.165, 1.54) is 36.4 Å². The first-order valence-electron chi connectivity index (χ1n) is 9.63. The molecule has 31 heavy (non-hydrogen) atoms. The van der Waals surface area contributed by atoms with Crippen molar-refractivity contribution < 1.29 is 23.9 Å². The second-order valence-corrected chi connectivity index (χ2v) is 7.00. The van der Waals surface area contributed by atoms with Gasteiger partial charge in [-0.3, -0.25) is 10.1 Å². The van der Waals surface area contributed by atoms with Gasteiger partial charge >= 0.3 is 5.69 Å². The predicted molar refractivity (Wildman–Crippen MR) is 114 cm³/mol. The van der Waals surface area contributed by atoms with Crippen LogP contribution in [0.2, 0.25) is 0 Å². The van der Waals surface area contributed by atoms with Gasteiger partial charge in [0.25, 0.3) is 0 Å². The van der Waals surface area contributed by atoms with E-state index in [4.69, 9.17) is 9.47 Å². The Hall–Kier alpha value is -3.49. The second kappa shape index (κ2) is 10.0. The maximum absolute atomic E-state index is 13.0. The van der Waals surface area contributed by atoms with Crippen molar-refractivity contribution in [1.29, 1.82) is 0 Å². The first kappa shape index (κ1) is 22.2. The number of aliphatic hydroxyl groups is 1. The summed E-state index contributed by atoms with van der Waals surface area (Å²) in [7, 11) is 1.57. The summed E-state index contributed by atoms with van der Waals surface area (Å²) < 4.78 is 23.7. The molecule has 0 aliphatic rings. The van der Waals surface area contributed by atoms with Crippen molar-refractivity contribution in [1.82, 2.24) is 5.32 Å². The van der Waals surface area contributed by atoms with Gasteiger partial charge in [-0.15, -0.1) is 0 Å². The Balaban J connectivity index is 1.67. The lowest BCUT2D eigenvalue weighted by Gasteiger charge is -2.21. The maximum atomic E-state index is 13.0. The Morgan fingerprint density at radius 1 is 1.06 bits per heavy atom. The molecule has 0 aliphatic heterocycles. The largest absolute Gasteiger partial charge is 0.497 e. The molecule has 7 nitrogen and oxygen atoms in total. The molecule has 3 aromatic rings. The SMILES string of the molecule is COc1ccc([C@H](O)[C@@H](C)NCc2ccc(Oc3ccc(F)cc3)c([N+](=O)[O-])c2)cc1. The van der Waals surface area contributed by atoms with Gasteiger partial charge in [-0.25, -0.2) is 4.39 Å². The lowest BCUT2D eigenvalue weighted by Crippen LogP contribution is -2.31. The fourth-order valence-electron chi connectivity index (χ4n) is 3.01. The number of hydrogen-bond donors (Lipinski definition) is 2. The van der Waals surface area contributed by atoms with Crippen LogP contribution >= 0.6 is 0 Å². The minimum atomic E-state index is -0.762. The number of rotatable bonds is 9. The standard InChI is InChI=1S/C23H23FN2O5/c1-15(23(27)17-4-8-19(30-2)9-5-17)25-14-16-3-12-22(21(13-16)26(28)29)31-20-10-6-18(24)7-11-20/h3-13,15,23,25,27H,14H2,1-2H3/t15-,23-/m1/s1. The quantitative estimate of drug-likeness (QED) is 0.379. The normalized spacial score (nSPS) is 12.8. The zero-order valence-electron chi connectivity index (χ0n) is 17.1. The number of nitro groups is 1. The topological polar surface area (TPSA) is 93.9 Å². The molecule has 0 aromatic heterocycles. The van der Waals surface area contributed by atoms with Crippen LogP contribution in [0.3, 0.4) is 0 Å². The van der Waals surface area contributed by atoms with Crippen LogP contribution in [0.1, 0.15) is 24.2 Å². The lowest BCUT2D eigenvalue weighted by molar-refractivity contribution is -0.385. The van der Waals surface area contributed by atoms with E-state index in [-0.39, 0.29) is 17.5 Å². The number of nitro benzene ring substituents is 1. The van der Waals surface area contributed by atoms with Crippen LogP contribution in [0.5, 0.6) is 17.2 Å². The molecule has 162 valence electrons. The summed E-state index contributed by atoms with van der Waals surface area (Å²) in [6.45, 7) is 2.14. The van der Waals surface area contributed by atoms with Crippen LogP contribution in [0.25, 0.3) is 0 Å². The molecule has 0 fully saturated rings. The fourth-order valence-corrected chi connectivity index (χ4v) is 3.01. The molecule has 0 saturated heterocycles. The first-order chi connectivity index (χ1) is 14.9. The van der Waals surface area contributed by atoms with E-state index >= 15 is 0 Å². The summed E-state index contributed by atoms with van der Waals surface area (Å²) in [5.41, 5.74) is 1.19. The van der Waals surface area contributed by atoms with Crippen molar-refractivity contribution in [2.24, 2.45) is 0 Å². The summed E-state index contributed by atoms with van der Waals surface area (Å²) in [5, 5.41) is 25.2. The Bertz CT molecular complexity index is 1030. The fraction of sp³-hybridized carbons (Fsp3) is 0.217. The summed E-state index contributed by atoms with van der Waals surface area (Å²) in [6.07, 6.45) is -0.762. The van der Waals surface area contributed by atoms with Gasteiger partial charge in [0.15, 0.2) is 0 Å². The van der Waals surface area contributed by atoms with Crippen molar-refractivity contribution in [3.05, 3.63) is 93.8 Å². The third-order valence-electron chi connectivity index (χ3n) is 4.82. The number of ether oxygens (including phenoxy) is 2. The van der Waals surface area contributed by atoms with E-state index < -0.39 is 16.8 Å². The van der Waals surface area contributed by atoms with Crippen LogP contribution < -0.4 is 14.8 Å².